The van der Waals surface area contributed by atoms with E-state index in [4.69, 9.17) is 0 Å². The first-order chi connectivity index (χ1) is 18.1. The lowest BCUT2D eigenvalue weighted by atomic mass is 9.75. The number of rotatable bonds is 5. The Balaban J connectivity index is 1.51. The van der Waals surface area contributed by atoms with Crippen molar-refractivity contribution in [2.24, 2.45) is 0 Å². The molecule has 0 saturated heterocycles. The molecule has 1 aliphatic rings. The van der Waals surface area contributed by atoms with Gasteiger partial charge in [0.1, 0.15) is 11.5 Å². The highest BCUT2D eigenvalue weighted by Gasteiger charge is 2.31. The smallest absolute Gasteiger partial charge is 0.286 e. The summed E-state index contributed by atoms with van der Waals surface area (Å²) < 4.78 is 55.7. The van der Waals surface area contributed by atoms with Crippen LogP contribution in [-0.2, 0) is 13.0 Å². The van der Waals surface area contributed by atoms with Crippen molar-refractivity contribution in [3.05, 3.63) is 105 Å². The number of hydrogen-bond donors (Lipinski definition) is 0. The number of pyridine rings is 3. The molecule has 38 heavy (non-hydrogen) atoms. The van der Waals surface area contributed by atoms with Gasteiger partial charge >= 0.3 is 6.18 Å². The van der Waals surface area contributed by atoms with E-state index in [1.165, 1.54) is 29.0 Å². The normalized spacial score (nSPS) is 18.2. The van der Waals surface area contributed by atoms with Crippen LogP contribution in [0.2, 0.25) is 0 Å². The van der Waals surface area contributed by atoms with Crippen molar-refractivity contribution in [2.75, 3.05) is 0 Å². The SMILES string of the molecule is Cc1ccc2cc(C3CCC(c4c(C)cccc4F)CC3)c(=O)n(Cc3ncccc3CC(F)(F)F)c2n1. The zero-order valence-electron chi connectivity index (χ0n) is 21.4. The van der Waals surface area contributed by atoms with Crippen molar-refractivity contribution in [1.29, 1.82) is 0 Å². The van der Waals surface area contributed by atoms with E-state index in [-0.39, 0.29) is 41.0 Å². The lowest BCUT2D eigenvalue weighted by molar-refractivity contribution is -0.127. The number of nitrogens with zero attached hydrogens (tertiary/aromatic N) is 3. The summed E-state index contributed by atoms with van der Waals surface area (Å²) >= 11 is 0. The molecule has 1 aromatic carbocycles. The average Bonchev–Trinajstić information content (AvgIpc) is 2.86. The van der Waals surface area contributed by atoms with Gasteiger partial charge in [0.15, 0.2) is 0 Å². The fraction of sp³-hybridized carbons (Fsp3) is 0.367. The minimum absolute atomic E-state index is 0.0267. The molecular formula is C30H29F4N3O. The van der Waals surface area contributed by atoms with E-state index < -0.39 is 12.6 Å². The van der Waals surface area contributed by atoms with Crippen molar-refractivity contribution in [2.45, 2.75) is 70.5 Å². The number of aromatic nitrogens is 3. The molecule has 0 atom stereocenters. The highest BCUT2D eigenvalue weighted by Crippen LogP contribution is 2.41. The van der Waals surface area contributed by atoms with Crippen molar-refractivity contribution in [3.63, 3.8) is 0 Å². The van der Waals surface area contributed by atoms with Gasteiger partial charge in [-0.25, -0.2) is 9.37 Å². The van der Waals surface area contributed by atoms with Crippen molar-refractivity contribution < 1.29 is 17.6 Å². The molecule has 1 fully saturated rings. The van der Waals surface area contributed by atoms with Gasteiger partial charge in [-0.05, 0) is 98.4 Å². The third-order valence-electron chi connectivity index (χ3n) is 7.63. The van der Waals surface area contributed by atoms with Gasteiger partial charge in [0.05, 0.1) is 18.7 Å². The summed E-state index contributed by atoms with van der Waals surface area (Å²) in [5, 5.41) is 0.755. The Labute approximate surface area is 218 Å². The Bertz CT molecular complexity index is 1520. The van der Waals surface area contributed by atoms with Crippen molar-refractivity contribution in [1.82, 2.24) is 14.5 Å². The summed E-state index contributed by atoms with van der Waals surface area (Å²) in [4.78, 5) is 22.6. The number of alkyl halides is 3. The molecule has 0 spiro atoms. The maximum atomic E-state index is 14.6. The molecule has 5 rings (SSSR count). The summed E-state index contributed by atoms with van der Waals surface area (Å²) in [5.41, 5.74) is 3.44. The summed E-state index contributed by atoms with van der Waals surface area (Å²) in [7, 11) is 0. The molecule has 1 saturated carbocycles. The second-order valence-electron chi connectivity index (χ2n) is 10.3. The number of hydrogen-bond acceptors (Lipinski definition) is 3. The molecule has 0 bridgehead atoms. The molecule has 0 amide bonds. The molecule has 8 heteroatoms. The van der Waals surface area contributed by atoms with Gasteiger partial charge in [-0.1, -0.05) is 18.2 Å². The largest absolute Gasteiger partial charge is 0.393 e. The lowest BCUT2D eigenvalue weighted by Crippen LogP contribution is -2.29. The van der Waals surface area contributed by atoms with Crippen LogP contribution in [0.3, 0.4) is 0 Å². The van der Waals surface area contributed by atoms with Gasteiger partial charge in [0.2, 0.25) is 0 Å². The van der Waals surface area contributed by atoms with Gasteiger partial charge in [0.25, 0.3) is 5.56 Å². The quantitative estimate of drug-likeness (QED) is 0.261. The maximum Gasteiger partial charge on any atom is 0.393 e. The molecule has 3 aromatic heterocycles. The van der Waals surface area contributed by atoms with Gasteiger partial charge in [0, 0.05) is 22.8 Å². The molecule has 0 radical (unpaired) electrons. The first-order valence-electron chi connectivity index (χ1n) is 12.9. The predicted molar refractivity (Wildman–Crippen MR) is 139 cm³/mol. The zero-order valence-corrected chi connectivity index (χ0v) is 21.4. The second-order valence-corrected chi connectivity index (χ2v) is 10.3. The average molecular weight is 524 g/mol. The van der Waals surface area contributed by atoms with Crippen LogP contribution in [0, 0.1) is 19.7 Å². The third-order valence-corrected chi connectivity index (χ3v) is 7.63. The molecule has 1 aliphatic carbocycles. The van der Waals surface area contributed by atoms with Gasteiger partial charge < -0.3 is 0 Å². The predicted octanol–water partition coefficient (Wildman–Crippen LogP) is 7.14. The van der Waals surface area contributed by atoms with E-state index >= 15 is 0 Å². The Morgan fingerprint density at radius 3 is 2.42 bits per heavy atom. The van der Waals surface area contributed by atoms with Crippen LogP contribution in [0.15, 0.2) is 59.5 Å². The van der Waals surface area contributed by atoms with Crippen LogP contribution in [0.4, 0.5) is 17.6 Å². The van der Waals surface area contributed by atoms with Crippen LogP contribution in [-0.4, -0.2) is 20.7 Å². The summed E-state index contributed by atoms with van der Waals surface area (Å²) in [6.45, 7) is 3.63. The third kappa shape index (κ3) is 5.35. The molecule has 4 nitrogen and oxygen atoms in total. The van der Waals surface area contributed by atoms with Crippen molar-refractivity contribution in [3.8, 4) is 0 Å². The van der Waals surface area contributed by atoms with E-state index in [1.54, 1.807) is 6.07 Å². The summed E-state index contributed by atoms with van der Waals surface area (Å²) in [6.07, 6.45) is -1.11. The fourth-order valence-electron chi connectivity index (χ4n) is 5.80. The monoisotopic (exact) mass is 523 g/mol. The second kappa shape index (κ2) is 10.3. The van der Waals surface area contributed by atoms with Gasteiger partial charge in [-0.15, -0.1) is 0 Å². The number of halogens is 4. The molecule has 0 unspecified atom stereocenters. The summed E-state index contributed by atoms with van der Waals surface area (Å²) in [5.74, 6) is -0.118. The van der Waals surface area contributed by atoms with E-state index in [1.807, 2.05) is 38.1 Å². The first-order valence-corrected chi connectivity index (χ1v) is 12.9. The number of benzene rings is 1. The fourth-order valence-corrected chi connectivity index (χ4v) is 5.80. The number of fused-ring (bicyclic) bond motifs is 1. The molecule has 3 heterocycles. The minimum Gasteiger partial charge on any atom is -0.286 e. The van der Waals surface area contributed by atoms with Crippen LogP contribution >= 0.6 is 0 Å². The molecule has 4 aromatic rings. The molecular weight excluding hydrogens is 494 g/mol. The van der Waals surface area contributed by atoms with E-state index in [9.17, 15) is 22.4 Å². The molecule has 0 aliphatic heterocycles. The van der Waals surface area contributed by atoms with E-state index in [0.717, 1.165) is 42.2 Å². The van der Waals surface area contributed by atoms with Crippen LogP contribution in [0.1, 0.15) is 71.2 Å². The topological polar surface area (TPSA) is 47.8 Å². The lowest BCUT2D eigenvalue weighted by Gasteiger charge is -2.30. The number of aryl methyl sites for hydroxylation is 2. The maximum absolute atomic E-state index is 14.6. The van der Waals surface area contributed by atoms with Crippen LogP contribution in [0.5, 0.6) is 0 Å². The minimum atomic E-state index is -4.39. The van der Waals surface area contributed by atoms with Gasteiger partial charge in [-0.2, -0.15) is 13.2 Å². The Kier molecular flexibility index (Phi) is 7.07. The van der Waals surface area contributed by atoms with E-state index in [2.05, 4.69) is 9.97 Å². The van der Waals surface area contributed by atoms with Crippen LogP contribution < -0.4 is 5.56 Å². The van der Waals surface area contributed by atoms with Crippen molar-refractivity contribution >= 4 is 11.0 Å². The summed E-state index contributed by atoms with van der Waals surface area (Å²) in [6, 6.07) is 13.6. The Hall–Kier alpha value is -3.55. The van der Waals surface area contributed by atoms with Crippen LogP contribution in [0.25, 0.3) is 11.0 Å². The Morgan fingerprint density at radius 1 is 0.974 bits per heavy atom. The van der Waals surface area contributed by atoms with Gasteiger partial charge in [-0.3, -0.25) is 14.3 Å². The molecule has 198 valence electrons. The standard InChI is InChI=1S/C30H29F4N3O/c1-18-5-3-7-25(31)27(18)21-12-10-20(11-13-21)24-15-22-9-8-19(2)36-28(22)37(29(24)38)17-26-23(6-4-14-35-26)16-30(32,33)34/h3-9,14-15,20-21H,10-13,16-17H2,1-2H3. The first kappa shape index (κ1) is 26.1. The molecule has 0 N–H and O–H groups in total. The highest BCUT2D eigenvalue weighted by molar-refractivity contribution is 5.76. The highest BCUT2D eigenvalue weighted by atomic mass is 19.4. The van der Waals surface area contributed by atoms with E-state index in [0.29, 0.717) is 16.9 Å². The Morgan fingerprint density at radius 2 is 1.71 bits per heavy atom. The zero-order chi connectivity index (χ0) is 27.0.